The minimum Gasteiger partial charge on any atom is -0.367 e. The first-order chi connectivity index (χ1) is 9.60. The fraction of sp³-hybridized carbons (Fsp3) is 0.368. The SMILES string of the molecule is C=CCN(C/C=C(\C)c1ccccc1)C(CC)=C(C)C. The predicted molar refractivity (Wildman–Crippen MR) is 90.5 cm³/mol. The largest absolute Gasteiger partial charge is 0.367 e. The van der Waals surface area contributed by atoms with Gasteiger partial charge in [-0.1, -0.05) is 55.0 Å². The lowest BCUT2D eigenvalue weighted by molar-refractivity contribution is 0.404. The van der Waals surface area contributed by atoms with Crippen LogP contribution < -0.4 is 0 Å². The minimum absolute atomic E-state index is 0.896. The molecule has 0 aliphatic heterocycles. The van der Waals surface area contributed by atoms with Gasteiger partial charge in [0.05, 0.1) is 0 Å². The van der Waals surface area contributed by atoms with Crippen molar-refractivity contribution in [3.8, 4) is 0 Å². The normalized spacial score (nSPS) is 11.1. The van der Waals surface area contributed by atoms with Gasteiger partial charge in [0.25, 0.3) is 0 Å². The molecule has 0 atom stereocenters. The quantitative estimate of drug-likeness (QED) is 0.609. The molecule has 1 nitrogen and oxygen atoms in total. The van der Waals surface area contributed by atoms with Crippen molar-refractivity contribution in [1.82, 2.24) is 4.90 Å². The topological polar surface area (TPSA) is 3.24 Å². The second-order valence-corrected chi connectivity index (χ2v) is 5.25. The van der Waals surface area contributed by atoms with Crippen LogP contribution in [0.5, 0.6) is 0 Å². The van der Waals surface area contributed by atoms with Gasteiger partial charge in [-0.2, -0.15) is 0 Å². The molecule has 20 heavy (non-hydrogen) atoms. The van der Waals surface area contributed by atoms with Crippen molar-refractivity contribution in [2.24, 2.45) is 0 Å². The van der Waals surface area contributed by atoms with Crippen LogP contribution in [0, 0.1) is 0 Å². The zero-order valence-corrected chi connectivity index (χ0v) is 13.3. The first-order valence-electron chi connectivity index (χ1n) is 7.34. The Morgan fingerprint density at radius 2 is 1.75 bits per heavy atom. The molecule has 108 valence electrons. The summed E-state index contributed by atoms with van der Waals surface area (Å²) in [4.78, 5) is 2.40. The van der Waals surface area contributed by atoms with Crippen LogP contribution in [0.3, 0.4) is 0 Å². The average Bonchev–Trinajstić information content (AvgIpc) is 2.45. The van der Waals surface area contributed by atoms with Gasteiger partial charge in [0.15, 0.2) is 0 Å². The number of hydrogen-bond acceptors (Lipinski definition) is 1. The van der Waals surface area contributed by atoms with E-state index in [4.69, 9.17) is 0 Å². The van der Waals surface area contributed by atoms with Crippen molar-refractivity contribution >= 4 is 5.57 Å². The molecule has 0 amide bonds. The van der Waals surface area contributed by atoms with E-state index in [-0.39, 0.29) is 0 Å². The van der Waals surface area contributed by atoms with Gasteiger partial charge in [-0.15, -0.1) is 6.58 Å². The molecule has 1 heteroatoms. The highest BCUT2D eigenvalue weighted by Crippen LogP contribution is 2.17. The maximum atomic E-state index is 3.88. The third-order valence-corrected chi connectivity index (χ3v) is 3.49. The zero-order chi connectivity index (χ0) is 15.0. The van der Waals surface area contributed by atoms with Crippen molar-refractivity contribution in [2.45, 2.75) is 34.1 Å². The molecule has 0 aromatic heterocycles. The number of hydrogen-bond donors (Lipinski definition) is 0. The Bertz CT molecular complexity index is 476. The lowest BCUT2D eigenvalue weighted by Crippen LogP contribution is -2.24. The van der Waals surface area contributed by atoms with Gasteiger partial charge < -0.3 is 4.90 Å². The molecule has 1 aromatic rings. The molecular weight excluding hydrogens is 242 g/mol. The highest BCUT2D eigenvalue weighted by atomic mass is 15.1. The first-order valence-corrected chi connectivity index (χ1v) is 7.34. The Hall–Kier alpha value is -1.76. The summed E-state index contributed by atoms with van der Waals surface area (Å²) >= 11 is 0. The number of nitrogens with zero attached hydrogens (tertiary/aromatic N) is 1. The van der Waals surface area contributed by atoms with Gasteiger partial charge >= 0.3 is 0 Å². The maximum Gasteiger partial charge on any atom is 0.0365 e. The van der Waals surface area contributed by atoms with E-state index < -0.39 is 0 Å². The van der Waals surface area contributed by atoms with Crippen molar-refractivity contribution in [3.63, 3.8) is 0 Å². The monoisotopic (exact) mass is 269 g/mol. The molecule has 0 aliphatic carbocycles. The standard InChI is InChI=1S/C19H27N/c1-6-14-20(19(7-2)16(3)4)15-13-17(5)18-11-9-8-10-12-18/h6,8-13H,1,7,14-15H2,2-5H3/b17-13+. The van der Waals surface area contributed by atoms with Gasteiger partial charge in [-0.25, -0.2) is 0 Å². The third kappa shape index (κ3) is 4.73. The third-order valence-electron chi connectivity index (χ3n) is 3.49. The van der Waals surface area contributed by atoms with E-state index in [0.29, 0.717) is 0 Å². The number of allylic oxidation sites excluding steroid dienone is 3. The summed E-state index contributed by atoms with van der Waals surface area (Å²) in [5, 5.41) is 0. The lowest BCUT2D eigenvalue weighted by atomic mass is 10.1. The fourth-order valence-corrected chi connectivity index (χ4v) is 2.41. The summed E-state index contributed by atoms with van der Waals surface area (Å²) in [6.07, 6.45) is 5.34. The number of benzene rings is 1. The second kappa shape index (κ2) is 8.42. The lowest BCUT2D eigenvalue weighted by Gasteiger charge is -2.26. The Balaban J connectivity index is 2.87. The number of rotatable bonds is 7. The van der Waals surface area contributed by atoms with Crippen LogP contribution in [0.2, 0.25) is 0 Å². The van der Waals surface area contributed by atoms with Crippen LogP contribution in [0.25, 0.3) is 5.57 Å². The van der Waals surface area contributed by atoms with E-state index in [9.17, 15) is 0 Å². The predicted octanol–water partition coefficient (Wildman–Crippen LogP) is 5.28. The summed E-state index contributed by atoms with van der Waals surface area (Å²) in [7, 11) is 0. The Morgan fingerprint density at radius 3 is 2.25 bits per heavy atom. The molecular formula is C19H27N. The van der Waals surface area contributed by atoms with Gasteiger partial charge in [0, 0.05) is 18.8 Å². The van der Waals surface area contributed by atoms with E-state index in [0.717, 1.165) is 19.5 Å². The highest BCUT2D eigenvalue weighted by molar-refractivity contribution is 5.63. The van der Waals surface area contributed by atoms with Crippen molar-refractivity contribution in [3.05, 3.63) is 65.9 Å². The molecule has 0 N–H and O–H groups in total. The van der Waals surface area contributed by atoms with Crippen LogP contribution in [0.1, 0.15) is 39.7 Å². The smallest absolute Gasteiger partial charge is 0.0365 e. The molecule has 0 saturated heterocycles. The first kappa shape index (κ1) is 16.3. The van der Waals surface area contributed by atoms with Crippen molar-refractivity contribution in [2.75, 3.05) is 13.1 Å². The van der Waals surface area contributed by atoms with E-state index in [2.05, 4.69) is 75.6 Å². The summed E-state index contributed by atoms with van der Waals surface area (Å²) in [6, 6.07) is 10.5. The average molecular weight is 269 g/mol. The summed E-state index contributed by atoms with van der Waals surface area (Å²) in [6.45, 7) is 14.5. The fourth-order valence-electron chi connectivity index (χ4n) is 2.41. The zero-order valence-electron chi connectivity index (χ0n) is 13.3. The second-order valence-electron chi connectivity index (χ2n) is 5.25. The summed E-state index contributed by atoms with van der Waals surface area (Å²) in [5.74, 6) is 0. The molecule has 0 unspecified atom stereocenters. The molecule has 0 fully saturated rings. The highest BCUT2D eigenvalue weighted by Gasteiger charge is 2.06. The summed E-state index contributed by atoms with van der Waals surface area (Å²) < 4.78 is 0. The molecule has 0 bridgehead atoms. The molecule has 0 radical (unpaired) electrons. The Morgan fingerprint density at radius 1 is 1.10 bits per heavy atom. The minimum atomic E-state index is 0.896. The molecule has 0 heterocycles. The van der Waals surface area contributed by atoms with E-state index >= 15 is 0 Å². The van der Waals surface area contributed by atoms with E-state index in [1.54, 1.807) is 0 Å². The van der Waals surface area contributed by atoms with Crippen LogP contribution >= 0.6 is 0 Å². The maximum absolute atomic E-state index is 3.88. The molecule has 1 rings (SSSR count). The molecule has 0 saturated carbocycles. The summed E-state index contributed by atoms with van der Waals surface area (Å²) in [5.41, 5.74) is 5.42. The Labute approximate surface area is 124 Å². The Kier molecular flexibility index (Phi) is 6.86. The van der Waals surface area contributed by atoms with Gasteiger partial charge in [0.1, 0.15) is 0 Å². The van der Waals surface area contributed by atoms with Gasteiger partial charge in [0.2, 0.25) is 0 Å². The van der Waals surface area contributed by atoms with Crippen LogP contribution in [0.15, 0.2) is 60.3 Å². The van der Waals surface area contributed by atoms with Crippen LogP contribution in [-0.4, -0.2) is 18.0 Å². The van der Waals surface area contributed by atoms with Gasteiger partial charge in [-0.3, -0.25) is 0 Å². The van der Waals surface area contributed by atoms with Crippen LogP contribution in [0.4, 0.5) is 0 Å². The van der Waals surface area contributed by atoms with Gasteiger partial charge in [-0.05, 0) is 38.3 Å². The molecule has 0 aliphatic rings. The molecule has 1 aromatic carbocycles. The van der Waals surface area contributed by atoms with Crippen LogP contribution in [-0.2, 0) is 0 Å². The van der Waals surface area contributed by atoms with E-state index in [1.165, 1.54) is 22.4 Å². The van der Waals surface area contributed by atoms with E-state index in [1.807, 2.05) is 6.08 Å². The molecule has 0 spiro atoms. The van der Waals surface area contributed by atoms with Crippen molar-refractivity contribution in [1.29, 1.82) is 0 Å². The van der Waals surface area contributed by atoms with Crippen molar-refractivity contribution < 1.29 is 0 Å².